The number of ether oxygens (including phenoxy) is 1. The van der Waals surface area contributed by atoms with Crippen molar-refractivity contribution in [3.63, 3.8) is 0 Å². The van der Waals surface area contributed by atoms with Crippen molar-refractivity contribution >= 4 is 32.7 Å². The number of fused-ring (bicyclic) bond motifs is 8. The molecule has 77 heavy (non-hydrogen) atoms. The Kier molecular flexibility index (Phi) is 11.1. The maximum atomic E-state index is 6.98. The van der Waals surface area contributed by atoms with Crippen molar-refractivity contribution in [2.75, 3.05) is 0 Å². The molecule has 1 aliphatic carbocycles. The van der Waals surface area contributed by atoms with E-state index in [1.165, 1.54) is 66.4 Å². The van der Waals surface area contributed by atoms with Crippen LogP contribution in [0.5, 0.6) is 11.5 Å². The Morgan fingerprint density at radius 3 is 1.73 bits per heavy atom. The largest absolute Gasteiger partial charge is 0.458 e. The molecule has 0 unspecified atom stereocenters. The summed E-state index contributed by atoms with van der Waals surface area (Å²) in [6, 6.07) is 75.1. The fourth-order valence-electron chi connectivity index (χ4n) is 11.5. The molecule has 5 heteroatoms. The fraction of sp³-hybridized carbons (Fsp3) is 0.167. The molecule has 3 aromatic heterocycles. The molecule has 0 saturated carbocycles. The van der Waals surface area contributed by atoms with Gasteiger partial charge in [-0.1, -0.05) is 202 Å². The van der Waals surface area contributed by atoms with Crippen LogP contribution in [0.25, 0.3) is 106 Å². The van der Waals surface area contributed by atoms with Crippen molar-refractivity contribution in [3.8, 4) is 84.5 Å². The average Bonchev–Trinajstić information content (AvgIpc) is 4.13. The fourth-order valence-corrected chi connectivity index (χ4v) is 11.5. The third kappa shape index (κ3) is 8.42. The number of rotatable bonds is 7. The van der Waals surface area contributed by atoms with Gasteiger partial charge >= 0.3 is 0 Å². The monoisotopic (exact) mass is 998 g/mol. The van der Waals surface area contributed by atoms with Crippen LogP contribution in [0.15, 0.2) is 212 Å². The Morgan fingerprint density at radius 1 is 0.455 bits per heavy atom. The Hall–Kier alpha value is -8.80. The van der Waals surface area contributed by atoms with Crippen molar-refractivity contribution in [1.82, 2.24) is 14.1 Å². The predicted octanol–water partition coefficient (Wildman–Crippen LogP) is 18.5. The molecule has 0 bridgehead atoms. The van der Waals surface area contributed by atoms with Gasteiger partial charge in [0.15, 0.2) is 0 Å². The Morgan fingerprint density at radius 2 is 1.05 bits per heavy atom. The number of nitrogens with zero attached hydrogens (tertiary/aromatic N) is 4. The second kappa shape index (κ2) is 17.9. The van der Waals surface area contributed by atoms with E-state index in [-0.39, 0.29) is 16.2 Å². The molecule has 5 nitrogen and oxygen atoms in total. The summed E-state index contributed by atoms with van der Waals surface area (Å²) in [5, 5.41) is 3.61. The number of aromatic nitrogens is 4. The first kappa shape index (κ1) is 47.9. The van der Waals surface area contributed by atoms with E-state index in [9.17, 15) is 0 Å². The van der Waals surface area contributed by atoms with Gasteiger partial charge in [0, 0.05) is 28.8 Å². The second-order valence-electron chi connectivity index (χ2n) is 23.9. The first-order valence-electron chi connectivity index (χ1n) is 26.9. The Labute approximate surface area is 452 Å². The Bertz CT molecular complexity index is 4200. The molecule has 0 spiro atoms. The van der Waals surface area contributed by atoms with Crippen LogP contribution in [-0.4, -0.2) is 14.1 Å². The topological polar surface area (TPSA) is 35.9 Å². The molecule has 1 aliphatic rings. The Balaban J connectivity index is 0.935. The van der Waals surface area contributed by atoms with E-state index in [1.807, 2.05) is 12.3 Å². The van der Waals surface area contributed by atoms with Gasteiger partial charge in [-0.05, 0) is 143 Å². The summed E-state index contributed by atoms with van der Waals surface area (Å²) in [4.78, 5) is 5.14. The van der Waals surface area contributed by atoms with Crippen molar-refractivity contribution in [3.05, 3.63) is 235 Å². The predicted molar refractivity (Wildman–Crippen MR) is 319 cm³/mol. The highest BCUT2D eigenvalue weighted by molar-refractivity contribution is 6.19. The minimum Gasteiger partial charge on any atom is -0.458 e. The molecule has 0 N–H and O–H groups in total. The lowest BCUT2D eigenvalue weighted by Gasteiger charge is -2.21. The number of benzene rings is 9. The molecule has 3 heterocycles. The summed E-state index contributed by atoms with van der Waals surface area (Å²) in [5.41, 5.74) is 20.7. The first-order valence-corrected chi connectivity index (χ1v) is 26.9. The highest BCUT2D eigenvalue weighted by Gasteiger charge is 2.30. The van der Waals surface area contributed by atoms with E-state index in [0.717, 1.165) is 67.4 Å². The van der Waals surface area contributed by atoms with Gasteiger partial charge in [0.25, 0.3) is 6.33 Å². The molecule has 13 rings (SSSR count). The van der Waals surface area contributed by atoms with Gasteiger partial charge in [0.1, 0.15) is 17.3 Å². The van der Waals surface area contributed by atoms with Crippen molar-refractivity contribution in [2.24, 2.45) is 0 Å². The first-order chi connectivity index (χ1) is 37.0. The molecule has 12 aromatic rings. The zero-order valence-corrected chi connectivity index (χ0v) is 45.4. The maximum absolute atomic E-state index is 6.98. The minimum absolute atomic E-state index is 0.0581. The highest BCUT2D eigenvalue weighted by Crippen LogP contribution is 2.52. The summed E-state index contributed by atoms with van der Waals surface area (Å²) >= 11 is 0. The van der Waals surface area contributed by atoms with Crippen LogP contribution in [0.2, 0.25) is 0 Å². The van der Waals surface area contributed by atoms with E-state index < -0.39 is 0 Å². The lowest BCUT2D eigenvalue weighted by atomic mass is 9.85. The van der Waals surface area contributed by atoms with E-state index >= 15 is 0 Å². The number of pyridine rings is 1. The van der Waals surface area contributed by atoms with E-state index in [1.54, 1.807) is 0 Å². The van der Waals surface area contributed by atoms with Crippen LogP contribution < -0.4 is 9.30 Å². The standard InChI is InChI=1S/C72H62N4O/c1-70(2,3)51-31-27-46(28-32-51)49-39-50(47-29-33-52(34-30-47)71(4,5)6)41-55(40-49)75-45-74(63-25-12-13-26-64(63)75)54-19-16-20-56(43-54)77-57-35-36-61-65(44-57)76(66-42-53(37-38-73-66)72(7,8)9)69-60-22-11-10-21-58(60)59-23-14-17-48-18-15-24-62(67(48)59)68(61)69/h10-44H,1-9H3. The van der Waals surface area contributed by atoms with E-state index in [2.05, 4.69) is 283 Å². The average molecular weight is 999 g/mol. The highest BCUT2D eigenvalue weighted by atomic mass is 16.5. The van der Waals surface area contributed by atoms with Crippen molar-refractivity contribution in [1.29, 1.82) is 0 Å². The van der Waals surface area contributed by atoms with E-state index in [0.29, 0.717) is 0 Å². The number of hydrogen-bond acceptors (Lipinski definition) is 2. The minimum atomic E-state index is -0.0802. The number of hydrogen-bond donors (Lipinski definition) is 0. The van der Waals surface area contributed by atoms with Crippen LogP contribution >= 0.6 is 0 Å². The molecule has 0 fully saturated rings. The van der Waals surface area contributed by atoms with Gasteiger partial charge in [0.2, 0.25) is 0 Å². The zero-order valence-electron chi connectivity index (χ0n) is 45.4. The molecule has 0 atom stereocenters. The van der Waals surface area contributed by atoms with Crippen LogP contribution in [0, 0.1) is 6.33 Å². The van der Waals surface area contributed by atoms with Gasteiger partial charge in [-0.25, -0.2) is 4.98 Å². The van der Waals surface area contributed by atoms with Crippen molar-refractivity contribution in [2.45, 2.75) is 78.6 Å². The van der Waals surface area contributed by atoms with Crippen LogP contribution in [-0.2, 0) is 16.2 Å². The molecule has 0 aliphatic heterocycles. The van der Waals surface area contributed by atoms with Gasteiger partial charge in [-0.15, -0.1) is 0 Å². The quantitative estimate of drug-likeness (QED) is 0.118. The third-order valence-corrected chi connectivity index (χ3v) is 15.6. The number of para-hydroxylation sites is 2. The summed E-state index contributed by atoms with van der Waals surface area (Å²) in [6.45, 7) is 20.4. The lowest BCUT2D eigenvalue weighted by Crippen LogP contribution is -2.29. The summed E-state index contributed by atoms with van der Waals surface area (Å²) < 4.78 is 13.7. The lowest BCUT2D eigenvalue weighted by molar-refractivity contribution is -0.572. The molecular weight excluding hydrogens is 937 g/mol. The van der Waals surface area contributed by atoms with Crippen molar-refractivity contribution < 1.29 is 9.30 Å². The summed E-state index contributed by atoms with van der Waals surface area (Å²) in [5.74, 6) is 2.32. The molecule has 0 saturated heterocycles. The molecule has 0 amide bonds. The zero-order chi connectivity index (χ0) is 53.0. The van der Waals surface area contributed by atoms with Crippen LogP contribution in [0.1, 0.15) is 79.0 Å². The summed E-state index contributed by atoms with van der Waals surface area (Å²) in [7, 11) is 0. The smallest absolute Gasteiger partial charge is 0.269 e. The van der Waals surface area contributed by atoms with Gasteiger partial charge in [-0.2, -0.15) is 0 Å². The van der Waals surface area contributed by atoms with E-state index in [4.69, 9.17) is 9.72 Å². The molecule has 376 valence electrons. The molecule has 9 aromatic carbocycles. The summed E-state index contributed by atoms with van der Waals surface area (Å²) in [6.07, 6.45) is 5.77. The SMILES string of the molecule is CC(C)(C)c1ccc(-c2cc(-c3ccc(C(C)(C)C)cc3)cc(-[n+]3[c-]n(-c4cccc(Oc5ccc6c7c(n(-c8cc(C(C)(C)C)ccn8)c6c5)-c5ccccc5-c5cccc6cccc-7c56)c4)c4ccccc43)c2)cc1. The third-order valence-electron chi connectivity index (χ3n) is 15.6. The van der Waals surface area contributed by atoms with Crippen LogP contribution in [0.4, 0.5) is 0 Å². The second-order valence-corrected chi connectivity index (χ2v) is 23.9. The van der Waals surface area contributed by atoms with Gasteiger partial charge < -0.3 is 4.74 Å². The van der Waals surface area contributed by atoms with Gasteiger partial charge in [-0.3, -0.25) is 13.7 Å². The molecular formula is C72H62N4O. The maximum Gasteiger partial charge on any atom is 0.269 e. The number of imidazole rings is 1. The normalized spacial score (nSPS) is 12.5. The van der Waals surface area contributed by atoms with Crippen LogP contribution in [0.3, 0.4) is 0 Å². The molecule has 0 radical (unpaired) electrons. The van der Waals surface area contributed by atoms with Gasteiger partial charge in [0.05, 0.1) is 33.6 Å².